The van der Waals surface area contributed by atoms with E-state index in [-0.39, 0.29) is 22.9 Å². The third-order valence-corrected chi connectivity index (χ3v) is 5.61. The molecule has 3 aromatic rings. The highest BCUT2D eigenvalue weighted by Crippen LogP contribution is 2.29. The maximum Gasteiger partial charge on any atom is 0.279 e. The van der Waals surface area contributed by atoms with Gasteiger partial charge in [-0.15, -0.1) is 16.8 Å². The molecule has 0 fully saturated rings. The smallest absolute Gasteiger partial charge is 0.279 e. The van der Waals surface area contributed by atoms with Crippen LogP contribution in [0.15, 0.2) is 40.8 Å². The topological polar surface area (TPSA) is 92.7 Å². The summed E-state index contributed by atoms with van der Waals surface area (Å²) in [5, 5.41) is 20.5. The van der Waals surface area contributed by atoms with Crippen LogP contribution in [0.4, 0.5) is 9.52 Å². The van der Waals surface area contributed by atoms with Crippen molar-refractivity contribution >= 4 is 39.3 Å². The largest absolute Gasteiger partial charge is 0.493 e. The lowest BCUT2D eigenvalue weighted by atomic mass is 10.1. The van der Waals surface area contributed by atoms with Gasteiger partial charge in [-0.05, 0) is 25.1 Å². The molecule has 0 aliphatic carbocycles. The molecular weight excluding hydrogens is 389 g/mol. The second-order valence-electron chi connectivity index (χ2n) is 5.61. The van der Waals surface area contributed by atoms with E-state index in [1.807, 2.05) is 6.92 Å². The minimum absolute atomic E-state index is 0.153. The van der Waals surface area contributed by atoms with Crippen molar-refractivity contribution in [2.45, 2.75) is 13.5 Å². The molecular formula is C17H12FN5O2S2. The fraction of sp³-hybridized carbons (Fsp3) is 0.118. The average Bonchev–Trinajstić information content (AvgIpc) is 3.26. The summed E-state index contributed by atoms with van der Waals surface area (Å²) in [6, 6.07) is 3.91. The van der Waals surface area contributed by atoms with Gasteiger partial charge in [0, 0.05) is 11.8 Å². The number of halogens is 1. The average molecular weight is 401 g/mol. The molecule has 10 heteroatoms. The minimum Gasteiger partial charge on any atom is -0.493 e. The first kappa shape index (κ1) is 17.4. The quantitative estimate of drug-likeness (QED) is 0.668. The van der Waals surface area contributed by atoms with Gasteiger partial charge in [0.2, 0.25) is 11.0 Å². The van der Waals surface area contributed by atoms with Gasteiger partial charge in [-0.2, -0.15) is 4.99 Å². The third kappa shape index (κ3) is 3.02. The monoisotopic (exact) mass is 401 g/mol. The number of aromatic hydroxyl groups is 1. The lowest BCUT2D eigenvalue weighted by Crippen LogP contribution is -2.23. The van der Waals surface area contributed by atoms with Crippen molar-refractivity contribution in [3.63, 3.8) is 0 Å². The van der Waals surface area contributed by atoms with Gasteiger partial charge in [-0.25, -0.2) is 9.38 Å². The van der Waals surface area contributed by atoms with E-state index in [2.05, 4.69) is 26.8 Å². The summed E-state index contributed by atoms with van der Waals surface area (Å²) in [6.07, 6.45) is 1.60. The van der Waals surface area contributed by atoms with Crippen molar-refractivity contribution in [3.05, 3.63) is 61.9 Å². The van der Waals surface area contributed by atoms with Crippen LogP contribution in [-0.4, -0.2) is 25.8 Å². The number of aryl methyl sites for hydroxylation is 1. The summed E-state index contributed by atoms with van der Waals surface area (Å²) in [5.41, 5.74) is 0.153. The number of rotatable bonds is 4. The molecule has 0 saturated carbocycles. The predicted molar refractivity (Wildman–Crippen MR) is 98.7 cm³/mol. The first-order valence-electron chi connectivity index (χ1n) is 7.79. The Morgan fingerprint density at radius 3 is 2.89 bits per heavy atom. The molecule has 1 N–H and O–H groups in total. The summed E-state index contributed by atoms with van der Waals surface area (Å²) in [5.74, 6) is -1.17. The van der Waals surface area contributed by atoms with Crippen LogP contribution >= 0.6 is 22.7 Å². The van der Waals surface area contributed by atoms with Gasteiger partial charge in [0.25, 0.3) is 5.91 Å². The molecule has 1 amide bonds. The summed E-state index contributed by atoms with van der Waals surface area (Å²) < 4.78 is 15.2. The molecule has 0 spiro atoms. The van der Waals surface area contributed by atoms with E-state index >= 15 is 0 Å². The molecule has 0 bridgehead atoms. The Labute approximate surface area is 159 Å². The summed E-state index contributed by atoms with van der Waals surface area (Å²) >= 11 is 2.40. The number of aromatic nitrogens is 3. The maximum atomic E-state index is 13.7. The van der Waals surface area contributed by atoms with Gasteiger partial charge in [0.05, 0.1) is 10.9 Å². The van der Waals surface area contributed by atoms with Crippen molar-refractivity contribution in [2.75, 3.05) is 0 Å². The lowest BCUT2D eigenvalue weighted by molar-refractivity contribution is -0.112. The molecule has 4 rings (SSSR count). The number of carbonyl (C=O) groups excluding carboxylic acids is 1. The number of thiazole rings is 1. The van der Waals surface area contributed by atoms with E-state index in [9.17, 15) is 14.3 Å². The molecule has 0 saturated heterocycles. The molecule has 0 unspecified atom stereocenters. The molecule has 2 aromatic heterocycles. The zero-order valence-corrected chi connectivity index (χ0v) is 15.6. The van der Waals surface area contributed by atoms with Crippen LogP contribution in [0.1, 0.15) is 9.88 Å². The Kier molecular flexibility index (Phi) is 4.28. The van der Waals surface area contributed by atoms with Crippen molar-refractivity contribution in [2.24, 2.45) is 9.98 Å². The molecule has 0 atom stereocenters. The highest BCUT2D eigenvalue weighted by molar-refractivity contribution is 7.15. The van der Waals surface area contributed by atoms with Gasteiger partial charge < -0.3 is 5.11 Å². The van der Waals surface area contributed by atoms with Gasteiger partial charge in [0.1, 0.15) is 15.7 Å². The van der Waals surface area contributed by atoms with Crippen LogP contribution in [0.5, 0.6) is 5.88 Å². The van der Waals surface area contributed by atoms with Crippen molar-refractivity contribution in [1.29, 1.82) is 0 Å². The second kappa shape index (κ2) is 6.63. The number of amides is 1. The van der Waals surface area contributed by atoms with Gasteiger partial charge in [-0.1, -0.05) is 28.7 Å². The van der Waals surface area contributed by atoms with Crippen LogP contribution in [0.3, 0.4) is 0 Å². The molecule has 1 aliphatic heterocycles. The zero-order valence-electron chi connectivity index (χ0n) is 14.0. The van der Waals surface area contributed by atoms with E-state index in [0.717, 1.165) is 16.3 Å². The van der Waals surface area contributed by atoms with Gasteiger partial charge in [0.15, 0.2) is 4.80 Å². The Balaban J connectivity index is 2.01. The Morgan fingerprint density at radius 1 is 1.37 bits per heavy atom. The predicted octanol–water partition coefficient (Wildman–Crippen LogP) is 1.33. The molecule has 136 valence electrons. The molecule has 0 radical (unpaired) electrons. The molecule has 1 aromatic carbocycles. The number of carbonyl (C=O) groups is 1. The standard InChI is InChI=1S/C17H12FN5O2S2/c1-3-6-23-15(25)13(27-17(23)20-16-22-21-8(2)26-16)12-10-7-9(18)4-5-11(10)19-14(12)24/h3-5,7,25H,1,6H2,2H3/b20-17+. The number of allylic oxidation sites excluding steroid dienone is 1. The molecule has 1 aliphatic rings. The number of benzene rings is 1. The molecule has 3 heterocycles. The minimum atomic E-state index is -0.531. The third-order valence-electron chi connectivity index (χ3n) is 3.79. The fourth-order valence-electron chi connectivity index (χ4n) is 2.66. The first-order valence-corrected chi connectivity index (χ1v) is 9.43. The first-order chi connectivity index (χ1) is 13.0. The van der Waals surface area contributed by atoms with Crippen LogP contribution in [0, 0.1) is 12.7 Å². The van der Waals surface area contributed by atoms with E-state index < -0.39 is 11.7 Å². The van der Waals surface area contributed by atoms with Gasteiger partial charge >= 0.3 is 0 Å². The molecule has 27 heavy (non-hydrogen) atoms. The van der Waals surface area contributed by atoms with Crippen LogP contribution in [0.2, 0.25) is 0 Å². The SMILES string of the molecule is C=CCn1c(O)c(C2=c3cc(F)ccc3=NC2=O)s/c1=N/c1nnc(C)s1. The lowest BCUT2D eigenvalue weighted by Gasteiger charge is -2.01. The molecule has 7 nitrogen and oxygen atoms in total. The zero-order chi connectivity index (χ0) is 19.1. The van der Waals surface area contributed by atoms with Crippen molar-refractivity contribution < 1.29 is 14.3 Å². The fourth-order valence-corrected chi connectivity index (χ4v) is 4.37. The van der Waals surface area contributed by atoms with Crippen molar-refractivity contribution in [3.8, 4) is 5.88 Å². The van der Waals surface area contributed by atoms with E-state index in [4.69, 9.17) is 0 Å². The number of fused-ring (bicyclic) bond motifs is 1. The van der Waals surface area contributed by atoms with Crippen LogP contribution in [0.25, 0.3) is 5.57 Å². The summed E-state index contributed by atoms with van der Waals surface area (Å²) in [7, 11) is 0. The number of hydrogen-bond donors (Lipinski definition) is 1. The number of nitrogens with zero attached hydrogens (tertiary/aromatic N) is 5. The van der Waals surface area contributed by atoms with E-state index in [1.54, 1.807) is 6.08 Å². The summed E-state index contributed by atoms with van der Waals surface area (Å²) in [4.78, 5) is 21.5. The maximum absolute atomic E-state index is 13.7. The van der Waals surface area contributed by atoms with Crippen molar-refractivity contribution in [1.82, 2.24) is 14.8 Å². The van der Waals surface area contributed by atoms with Gasteiger partial charge in [-0.3, -0.25) is 9.36 Å². The highest BCUT2D eigenvalue weighted by atomic mass is 32.1. The Hall–Kier alpha value is -2.98. The highest BCUT2D eigenvalue weighted by Gasteiger charge is 2.25. The second-order valence-corrected chi connectivity index (χ2v) is 7.74. The number of hydrogen-bond acceptors (Lipinski definition) is 7. The van der Waals surface area contributed by atoms with Crippen LogP contribution in [-0.2, 0) is 11.3 Å². The Morgan fingerprint density at radius 2 is 2.19 bits per heavy atom. The normalized spacial score (nSPS) is 13.8. The van der Waals surface area contributed by atoms with E-state index in [1.165, 1.54) is 34.1 Å². The summed E-state index contributed by atoms with van der Waals surface area (Å²) in [6.45, 7) is 5.77. The Bertz CT molecular complexity index is 1290. The van der Waals surface area contributed by atoms with Crippen LogP contribution < -0.4 is 15.4 Å². The van der Waals surface area contributed by atoms with E-state index in [0.29, 0.717) is 20.5 Å².